The Morgan fingerprint density at radius 2 is 1.00 bits per heavy atom. The largest absolute Gasteiger partial charge is 0.345 e. The Kier molecular flexibility index (Phi) is 8.49. The zero-order chi connectivity index (χ0) is 34.7. The molecule has 2 nitrogen and oxygen atoms in total. The molecule has 8 aromatic carbocycles. The van der Waals surface area contributed by atoms with Gasteiger partial charge in [0.25, 0.3) is 0 Å². The van der Waals surface area contributed by atoms with Crippen LogP contribution >= 0.6 is 0 Å². The van der Waals surface area contributed by atoms with Crippen LogP contribution < -0.4 is 9.80 Å². The monoisotopic (exact) mass is 654 g/mol. The van der Waals surface area contributed by atoms with Crippen molar-refractivity contribution in [2.24, 2.45) is 0 Å². The summed E-state index contributed by atoms with van der Waals surface area (Å²) in [5.74, 6) is 0. The van der Waals surface area contributed by atoms with E-state index in [0.29, 0.717) is 0 Å². The van der Waals surface area contributed by atoms with Gasteiger partial charge in [0.05, 0.1) is 5.69 Å². The zero-order valence-electron chi connectivity index (χ0n) is 28.7. The number of hydrogen-bond donors (Lipinski definition) is 0. The van der Waals surface area contributed by atoms with Crippen molar-refractivity contribution in [3.63, 3.8) is 0 Å². The van der Waals surface area contributed by atoms with Crippen molar-refractivity contribution >= 4 is 66.3 Å². The van der Waals surface area contributed by atoms with Crippen LogP contribution in [0.3, 0.4) is 0 Å². The molecule has 0 amide bonds. The van der Waals surface area contributed by atoms with Crippen molar-refractivity contribution in [3.8, 4) is 11.1 Å². The van der Waals surface area contributed by atoms with Gasteiger partial charge in [-0.3, -0.25) is 0 Å². The summed E-state index contributed by atoms with van der Waals surface area (Å²) in [5, 5.41) is 7.43. The lowest BCUT2D eigenvalue weighted by atomic mass is 10.0. The first-order valence-corrected chi connectivity index (χ1v) is 17.3. The highest BCUT2D eigenvalue weighted by Crippen LogP contribution is 2.40. The summed E-state index contributed by atoms with van der Waals surface area (Å²) in [6, 6.07) is 61.2. The minimum atomic E-state index is 1.04. The van der Waals surface area contributed by atoms with E-state index in [1.54, 1.807) is 6.08 Å². The van der Waals surface area contributed by atoms with Crippen molar-refractivity contribution in [2.75, 3.05) is 16.8 Å². The lowest BCUT2D eigenvalue weighted by molar-refractivity contribution is 1.21. The van der Waals surface area contributed by atoms with Crippen LogP contribution in [0.25, 0.3) is 49.0 Å². The molecule has 0 unspecified atom stereocenters. The maximum atomic E-state index is 3.99. The molecule has 0 aliphatic carbocycles. The number of hydrogen-bond acceptors (Lipinski definition) is 2. The Balaban J connectivity index is 1.09. The molecular formula is C49H38N2. The van der Waals surface area contributed by atoms with Crippen molar-refractivity contribution in [1.82, 2.24) is 0 Å². The van der Waals surface area contributed by atoms with Crippen molar-refractivity contribution < 1.29 is 0 Å². The van der Waals surface area contributed by atoms with Crippen LogP contribution in [0.1, 0.15) is 5.56 Å². The highest BCUT2D eigenvalue weighted by atomic mass is 15.1. The van der Waals surface area contributed by atoms with Crippen molar-refractivity contribution in [2.45, 2.75) is 0 Å². The van der Waals surface area contributed by atoms with Crippen molar-refractivity contribution in [3.05, 3.63) is 207 Å². The average Bonchev–Trinajstić information content (AvgIpc) is 3.19. The third kappa shape index (κ3) is 6.20. The molecule has 0 fully saturated rings. The van der Waals surface area contributed by atoms with Crippen LogP contribution in [0, 0.1) is 0 Å². The van der Waals surface area contributed by atoms with Crippen LogP contribution in [0.5, 0.6) is 0 Å². The van der Waals surface area contributed by atoms with Gasteiger partial charge in [0, 0.05) is 35.2 Å². The predicted molar refractivity (Wildman–Crippen MR) is 222 cm³/mol. The Morgan fingerprint density at radius 3 is 1.65 bits per heavy atom. The summed E-state index contributed by atoms with van der Waals surface area (Å²) in [6.07, 6.45) is 5.65. The van der Waals surface area contributed by atoms with E-state index in [0.717, 1.165) is 39.6 Å². The molecule has 0 atom stereocenters. The highest BCUT2D eigenvalue weighted by molar-refractivity contribution is 6.00. The normalized spacial score (nSPS) is 11.5. The van der Waals surface area contributed by atoms with Gasteiger partial charge in [0.15, 0.2) is 0 Å². The Labute approximate surface area is 300 Å². The smallest absolute Gasteiger partial charge is 0.0540 e. The Morgan fingerprint density at radius 1 is 0.471 bits per heavy atom. The number of allylic oxidation sites excluding steroid dienone is 4. The van der Waals surface area contributed by atoms with E-state index in [2.05, 4.69) is 200 Å². The Hall–Kier alpha value is -6.64. The summed E-state index contributed by atoms with van der Waals surface area (Å²) in [5.41, 5.74) is 10.1. The number of rotatable bonds is 9. The second-order valence-electron chi connectivity index (χ2n) is 12.8. The first kappa shape index (κ1) is 31.6. The van der Waals surface area contributed by atoms with E-state index in [1.165, 1.54) is 43.4 Å². The van der Waals surface area contributed by atoms with Gasteiger partial charge in [-0.25, -0.2) is 0 Å². The summed E-state index contributed by atoms with van der Waals surface area (Å²) in [4.78, 5) is 4.59. The van der Waals surface area contributed by atoms with E-state index in [9.17, 15) is 0 Å². The topological polar surface area (TPSA) is 6.48 Å². The van der Waals surface area contributed by atoms with E-state index < -0.39 is 0 Å². The lowest BCUT2D eigenvalue weighted by Gasteiger charge is -2.27. The van der Waals surface area contributed by atoms with Crippen LogP contribution in [0.2, 0.25) is 0 Å². The number of fused-ring (bicyclic) bond motifs is 3. The quantitative estimate of drug-likeness (QED) is 0.113. The lowest BCUT2D eigenvalue weighted by Crippen LogP contribution is -2.10. The summed E-state index contributed by atoms with van der Waals surface area (Å²) < 4.78 is 0. The molecule has 2 heteroatoms. The van der Waals surface area contributed by atoms with Crippen LogP contribution in [-0.2, 0) is 0 Å². The number of nitrogens with zero attached hydrogens (tertiary/aromatic N) is 2. The maximum Gasteiger partial charge on any atom is 0.0540 e. The third-order valence-corrected chi connectivity index (χ3v) is 9.77. The van der Waals surface area contributed by atoms with Gasteiger partial charge in [-0.1, -0.05) is 135 Å². The van der Waals surface area contributed by atoms with E-state index in [-0.39, 0.29) is 0 Å². The van der Waals surface area contributed by atoms with Gasteiger partial charge in [-0.05, 0) is 116 Å². The van der Waals surface area contributed by atoms with Crippen LogP contribution in [-0.4, -0.2) is 7.05 Å². The molecule has 8 rings (SSSR count). The first-order chi connectivity index (χ1) is 25.1. The molecule has 244 valence electrons. The molecule has 0 aliphatic heterocycles. The van der Waals surface area contributed by atoms with Gasteiger partial charge in [0.1, 0.15) is 0 Å². The fraction of sp³-hybridized carbons (Fsp3) is 0.0204. The fourth-order valence-corrected chi connectivity index (χ4v) is 7.01. The number of benzene rings is 8. The SMILES string of the molecule is C=C/C=C(\C=C)c1ccc(N(c2ccc(-c3ccc(N(C)c4ccc5cc6ccccc6cc5c4)cc3)cc2)c2cccc3ccccc23)cc1. The molecular weight excluding hydrogens is 617 g/mol. The maximum absolute atomic E-state index is 3.99. The van der Waals surface area contributed by atoms with Crippen LogP contribution in [0.15, 0.2) is 201 Å². The molecule has 0 aliphatic rings. The summed E-state index contributed by atoms with van der Waals surface area (Å²) >= 11 is 0. The fourth-order valence-electron chi connectivity index (χ4n) is 7.01. The predicted octanol–water partition coefficient (Wildman–Crippen LogP) is 13.8. The van der Waals surface area contributed by atoms with Gasteiger partial charge < -0.3 is 9.80 Å². The molecule has 0 saturated carbocycles. The summed E-state index contributed by atoms with van der Waals surface area (Å²) in [7, 11) is 2.13. The van der Waals surface area contributed by atoms with E-state index in [4.69, 9.17) is 0 Å². The van der Waals surface area contributed by atoms with E-state index in [1.807, 2.05) is 12.2 Å². The van der Waals surface area contributed by atoms with Gasteiger partial charge in [0.2, 0.25) is 0 Å². The van der Waals surface area contributed by atoms with Crippen LogP contribution in [0.4, 0.5) is 28.4 Å². The molecule has 51 heavy (non-hydrogen) atoms. The minimum absolute atomic E-state index is 1.04. The van der Waals surface area contributed by atoms with Gasteiger partial charge in [-0.2, -0.15) is 0 Å². The standard InChI is InChI=1S/C49H38N2/c1-4-11-35(5-2)36-20-27-45(28-21-36)51(49-17-10-15-39-12-8-9-16-48(39)49)46-29-22-38(23-30-46)37-18-25-44(26-19-37)50(3)47-31-24-42-32-40-13-6-7-14-41(40)33-43(42)34-47/h4-34H,1-2H2,3H3/b35-11+. The second kappa shape index (κ2) is 13.7. The molecule has 0 N–H and O–H groups in total. The van der Waals surface area contributed by atoms with Crippen molar-refractivity contribution in [1.29, 1.82) is 0 Å². The molecule has 0 spiro atoms. The molecule has 0 saturated heterocycles. The molecule has 0 heterocycles. The Bertz CT molecular complexity index is 2550. The minimum Gasteiger partial charge on any atom is -0.345 e. The van der Waals surface area contributed by atoms with Gasteiger partial charge in [-0.15, -0.1) is 0 Å². The molecule has 8 aromatic rings. The highest BCUT2D eigenvalue weighted by Gasteiger charge is 2.16. The number of anilines is 5. The first-order valence-electron chi connectivity index (χ1n) is 17.3. The molecule has 0 radical (unpaired) electrons. The third-order valence-electron chi connectivity index (χ3n) is 9.77. The molecule has 0 bridgehead atoms. The van der Waals surface area contributed by atoms with E-state index >= 15 is 0 Å². The summed E-state index contributed by atoms with van der Waals surface area (Å²) in [6.45, 7) is 7.86. The second-order valence-corrected chi connectivity index (χ2v) is 12.8. The zero-order valence-corrected chi connectivity index (χ0v) is 28.7. The molecule has 0 aromatic heterocycles. The average molecular weight is 655 g/mol. The van der Waals surface area contributed by atoms with Gasteiger partial charge >= 0.3 is 0 Å².